The van der Waals surface area contributed by atoms with Crippen molar-refractivity contribution >= 4 is 11.9 Å². The average Bonchev–Trinajstić information content (AvgIpc) is 2.69. The van der Waals surface area contributed by atoms with Crippen LogP contribution in [0.15, 0.2) is 18.5 Å². The summed E-state index contributed by atoms with van der Waals surface area (Å²) in [5.74, 6) is -0.873. The van der Waals surface area contributed by atoms with Crippen molar-refractivity contribution in [3.63, 3.8) is 0 Å². The second-order valence-electron chi connectivity index (χ2n) is 7.20. The van der Waals surface area contributed by atoms with Crippen LogP contribution in [0.25, 0.3) is 0 Å². The maximum absolute atomic E-state index is 11.9. The molecule has 1 aromatic heterocycles. The average molecular weight is 394 g/mol. The lowest BCUT2D eigenvalue weighted by molar-refractivity contribution is -0.147. The van der Waals surface area contributed by atoms with Gasteiger partial charge in [0.15, 0.2) is 0 Å². The molecule has 0 saturated carbocycles. The van der Waals surface area contributed by atoms with E-state index in [0.717, 1.165) is 24.8 Å². The number of hydrogen-bond acceptors (Lipinski definition) is 6. The van der Waals surface area contributed by atoms with E-state index in [2.05, 4.69) is 11.9 Å². The first-order valence-electron chi connectivity index (χ1n) is 10.5. The summed E-state index contributed by atoms with van der Waals surface area (Å²) in [6, 6.07) is 1.71. The highest BCUT2D eigenvalue weighted by Crippen LogP contribution is 2.11. The van der Waals surface area contributed by atoms with Crippen molar-refractivity contribution in [2.45, 2.75) is 84.2 Å². The van der Waals surface area contributed by atoms with Crippen LogP contribution in [0.4, 0.5) is 0 Å². The van der Waals surface area contributed by atoms with Crippen LogP contribution in [-0.2, 0) is 14.3 Å². The van der Waals surface area contributed by atoms with Gasteiger partial charge in [-0.25, -0.2) is 4.79 Å². The number of aliphatic hydroxyl groups excluding tert-OH is 1. The lowest BCUT2D eigenvalue weighted by Crippen LogP contribution is -2.25. The Morgan fingerprint density at radius 1 is 1.00 bits per heavy atom. The smallest absolute Gasteiger partial charge is 0.340 e. The Labute approximate surface area is 168 Å². The molecular formula is C22H35NO5. The monoisotopic (exact) mass is 393 g/mol. The number of aliphatic hydroxyl groups is 1. The van der Waals surface area contributed by atoms with Crippen LogP contribution in [0.2, 0.25) is 0 Å². The van der Waals surface area contributed by atoms with Crippen molar-refractivity contribution in [2.75, 3.05) is 13.2 Å². The molecule has 0 aromatic carbocycles. The Morgan fingerprint density at radius 2 is 1.61 bits per heavy atom. The summed E-state index contributed by atoms with van der Waals surface area (Å²) in [7, 11) is 0. The van der Waals surface area contributed by atoms with Gasteiger partial charge in [0.1, 0.15) is 19.3 Å². The van der Waals surface area contributed by atoms with Gasteiger partial charge >= 0.3 is 11.9 Å². The number of ether oxygens (including phenoxy) is 2. The fourth-order valence-corrected chi connectivity index (χ4v) is 2.82. The quantitative estimate of drug-likeness (QED) is 0.352. The summed E-state index contributed by atoms with van der Waals surface area (Å²) >= 11 is 0. The van der Waals surface area contributed by atoms with E-state index in [1.807, 2.05) is 0 Å². The van der Waals surface area contributed by atoms with Crippen LogP contribution < -0.4 is 0 Å². The molecule has 0 aliphatic rings. The van der Waals surface area contributed by atoms with Crippen LogP contribution in [-0.4, -0.2) is 41.3 Å². The maximum atomic E-state index is 11.9. The number of nitrogens with zero attached hydrogens (tertiary/aromatic N) is 1. The zero-order chi connectivity index (χ0) is 20.6. The molecule has 1 rings (SSSR count). The SMILES string of the molecule is CCCCCCCCCCCC(=O)OCC(O)COC(=O)c1cnccc1C. The Kier molecular flexibility index (Phi) is 12.9. The van der Waals surface area contributed by atoms with E-state index in [1.165, 1.54) is 44.7 Å². The topological polar surface area (TPSA) is 85.7 Å². The first-order chi connectivity index (χ1) is 13.5. The number of hydrogen-bond donors (Lipinski definition) is 1. The van der Waals surface area contributed by atoms with Crippen molar-refractivity contribution in [3.8, 4) is 0 Å². The van der Waals surface area contributed by atoms with Gasteiger partial charge in [-0.1, -0.05) is 58.3 Å². The van der Waals surface area contributed by atoms with Crippen LogP contribution in [0.5, 0.6) is 0 Å². The molecule has 6 nitrogen and oxygen atoms in total. The molecule has 1 aromatic rings. The fraction of sp³-hybridized carbons (Fsp3) is 0.682. The van der Waals surface area contributed by atoms with Gasteiger partial charge in [-0.15, -0.1) is 0 Å². The third kappa shape index (κ3) is 11.0. The highest BCUT2D eigenvalue weighted by atomic mass is 16.6. The molecular weight excluding hydrogens is 358 g/mol. The lowest BCUT2D eigenvalue weighted by atomic mass is 10.1. The van der Waals surface area contributed by atoms with E-state index in [1.54, 1.807) is 19.2 Å². The van der Waals surface area contributed by atoms with Crippen LogP contribution in [0.3, 0.4) is 0 Å². The molecule has 0 fully saturated rings. The fourth-order valence-electron chi connectivity index (χ4n) is 2.82. The summed E-state index contributed by atoms with van der Waals surface area (Å²) in [5, 5.41) is 9.82. The highest BCUT2D eigenvalue weighted by Gasteiger charge is 2.14. The van der Waals surface area contributed by atoms with Gasteiger partial charge < -0.3 is 14.6 Å². The van der Waals surface area contributed by atoms with Gasteiger partial charge in [0.05, 0.1) is 5.56 Å². The molecule has 0 aliphatic heterocycles. The van der Waals surface area contributed by atoms with E-state index in [0.29, 0.717) is 12.0 Å². The molecule has 0 radical (unpaired) electrons. The first kappa shape index (κ1) is 24.1. The Morgan fingerprint density at radius 3 is 2.25 bits per heavy atom. The minimum absolute atomic E-state index is 0.171. The zero-order valence-corrected chi connectivity index (χ0v) is 17.3. The predicted molar refractivity (Wildman–Crippen MR) is 108 cm³/mol. The molecule has 0 saturated heterocycles. The number of pyridine rings is 1. The van der Waals surface area contributed by atoms with Crippen LogP contribution in [0.1, 0.15) is 87.1 Å². The lowest BCUT2D eigenvalue weighted by Gasteiger charge is -2.12. The van der Waals surface area contributed by atoms with Crippen molar-refractivity contribution in [3.05, 3.63) is 29.6 Å². The highest BCUT2D eigenvalue weighted by molar-refractivity contribution is 5.90. The third-order valence-electron chi connectivity index (χ3n) is 4.59. The van der Waals surface area contributed by atoms with E-state index in [4.69, 9.17) is 9.47 Å². The summed E-state index contributed by atoms with van der Waals surface area (Å²) in [6.45, 7) is 3.60. The molecule has 0 aliphatic carbocycles. The molecule has 158 valence electrons. The van der Waals surface area contributed by atoms with E-state index >= 15 is 0 Å². The number of carbonyl (C=O) groups excluding carboxylic acids is 2. The van der Waals surface area contributed by atoms with Crippen molar-refractivity contribution in [2.24, 2.45) is 0 Å². The van der Waals surface area contributed by atoms with Crippen LogP contribution >= 0.6 is 0 Å². The van der Waals surface area contributed by atoms with Crippen molar-refractivity contribution < 1.29 is 24.2 Å². The summed E-state index contributed by atoms with van der Waals surface area (Å²) in [6.07, 6.45) is 13.0. The van der Waals surface area contributed by atoms with Gasteiger partial charge in [-0.3, -0.25) is 9.78 Å². The Bertz CT molecular complexity index is 576. The Balaban J connectivity index is 2.04. The maximum Gasteiger partial charge on any atom is 0.340 e. The molecule has 1 atom stereocenters. The van der Waals surface area contributed by atoms with Gasteiger partial charge in [0.2, 0.25) is 0 Å². The minimum Gasteiger partial charge on any atom is -0.463 e. The molecule has 0 bridgehead atoms. The number of rotatable bonds is 15. The molecule has 1 unspecified atom stereocenters. The third-order valence-corrected chi connectivity index (χ3v) is 4.59. The number of aryl methyl sites for hydroxylation is 1. The summed E-state index contributed by atoms with van der Waals surface area (Å²) in [4.78, 5) is 27.5. The summed E-state index contributed by atoms with van der Waals surface area (Å²) in [5.41, 5.74) is 1.11. The molecule has 6 heteroatoms. The molecule has 1 N–H and O–H groups in total. The number of aromatic nitrogens is 1. The standard InChI is InChI=1S/C22H35NO5/c1-3-4-5-6-7-8-9-10-11-12-21(25)27-16-19(24)17-28-22(26)20-15-23-14-13-18(20)2/h13-15,19,24H,3-12,16-17H2,1-2H3. The van der Waals surface area contributed by atoms with Gasteiger partial charge in [-0.2, -0.15) is 0 Å². The largest absolute Gasteiger partial charge is 0.463 e. The van der Waals surface area contributed by atoms with Gasteiger partial charge in [0, 0.05) is 18.8 Å². The van der Waals surface area contributed by atoms with Gasteiger partial charge in [-0.05, 0) is 25.0 Å². The van der Waals surface area contributed by atoms with Crippen molar-refractivity contribution in [1.82, 2.24) is 4.98 Å². The second kappa shape index (κ2) is 15.0. The van der Waals surface area contributed by atoms with E-state index in [9.17, 15) is 14.7 Å². The van der Waals surface area contributed by atoms with Crippen molar-refractivity contribution in [1.29, 1.82) is 0 Å². The molecule has 0 amide bonds. The first-order valence-corrected chi connectivity index (χ1v) is 10.5. The minimum atomic E-state index is -1.03. The van der Waals surface area contributed by atoms with Crippen LogP contribution in [0, 0.1) is 6.92 Å². The molecule has 28 heavy (non-hydrogen) atoms. The van der Waals surface area contributed by atoms with Gasteiger partial charge in [0.25, 0.3) is 0 Å². The van der Waals surface area contributed by atoms with E-state index in [-0.39, 0.29) is 19.2 Å². The normalized spacial score (nSPS) is 11.8. The van der Waals surface area contributed by atoms with E-state index < -0.39 is 12.1 Å². The number of esters is 2. The molecule has 0 spiro atoms. The number of unbranched alkanes of at least 4 members (excludes halogenated alkanes) is 8. The summed E-state index contributed by atoms with van der Waals surface area (Å²) < 4.78 is 10.1. The molecule has 1 heterocycles. The number of carbonyl (C=O) groups is 2. The second-order valence-corrected chi connectivity index (χ2v) is 7.20. The Hall–Kier alpha value is -1.95. The predicted octanol–water partition coefficient (Wildman–Crippen LogP) is 4.37. The zero-order valence-electron chi connectivity index (χ0n) is 17.3.